The van der Waals surface area contributed by atoms with Gasteiger partial charge in [-0.1, -0.05) is 6.92 Å². The van der Waals surface area contributed by atoms with Crippen LogP contribution in [0.4, 0.5) is 17.5 Å². The number of aromatic nitrogens is 4. The summed E-state index contributed by atoms with van der Waals surface area (Å²) in [5, 5.41) is 7.40. The van der Waals surface area contributed by atoms with Crippen molar-refractivity contribution in [1.29, 1.82) is 0 Å². The monoisotopic (exact) mass is 391 g/mol. The van der Waals surface area contributed by atoms with Gasteiger partial charge in [0, 0.05) is 31.9 Å². The Kier molecular flexibility index (Phi) is 5.16. The fourth-order valence-electron chi connectivity index (χ4n) is 3.34. The zero-order valence-electron chi connectivity index (χ0n) is 16.6. The lowest BCUT2D eigenvalue weighted by molar-refractivity contribution is -0.121. The van der Waals surface area contributed by atoms with Crippen molar-refractivity contribution in [2.45, 2.75) is 32.6 Å². The summed E-state index contributed by atoms with van der Waals surface area (Å²) in [5.41, 5.74) is 7.88. The van der Waals surface area contributed by atoms with Crippen molar-refractivity contribution in [2.75, 3.05) is 10.7 Å². The van der Waals surface area contributed by atoms with E-state index in [0.717, 1.165) is 42.0 Å². The highest BCUT2D eigenvalue weighted by Gasteiger charge is 2.42. The highest BCUT2D eigenvalue weighted by Crippen LogP contribution is 2.51. The van der Waals surface area contributed by atoms with Crippen molar-refractivity contribution in [3.63, 3.8) is 0 Å². The molecule has 1 amide bonds. The lowest BCUT2D eigenvalue weighted by Crippen LogP contribution is -2.31. The van der Waals surface area contributed by atoms with Crippen LogP contribution in [0.5, 0.6) is 0 Å². The van der Waals surface area contributed by atoms with Gasteiger partial charge >= 0.3 is 0 Å². The highest BCUT2D eigenvalue weighted by atomic mass is 16.2. The number of carbonyl (C=O) groups is 1. The quantitative estimate of drug-likeness (QED) is 0.507. The Morgan fingerprint density at radius 1 is 1.07 bits per heavy atom. The van der Waals surface area contributed by atoms with Gasteiger partial charge in [-0.25, -0.2) is 9.97 Å². The molecule has 150 valence electrons. The van der Waals surface area contributed by atoms with Crippen molar-refractivity contribution in [2.24, 2.45) is 12.5 Å². The summed E-state index contributed by atoms with van der Waals surface area (Å²) in [4.78, 5) is 20.8. The third-order valence-electron chi connectivity index (χ3n) is 5.50. The topological polar surface area (TPSA) is 96.8 Å². The fourth-order valence-corrected chi connectivity index (χ4v) is 3.34. The molecule has 0 unspecified atom stereocenters. The van der Waals surface area contributed by atoms with E-state index in [0.29, 0.717) is 12.2 Å². The number of hydrogen-bond acceptors (Lipinski definition) is 6. The second kappa shape index (κ2) is 7.90. The van der Waals surface area contributed by atoms with Crippen molar-refractivity contribution in [3.8, 4) is 11.1 Å². The van der Waals surface area contributed by atoms with Crippen molar-refractivity contribution in [1.82, 2.24) is 25.2 Å². The molecule has 1 fully saturated rings. The van der Waals surface area contributed by atoms with Gasteiger partial charge in [-0.15, -0.1) is 0 Å². The SMILES string of the molecule is CCC1(CC(=O)NNc2cc(-c3ccnc(Nc4ccnn4C)c3)ccn2)CC1. The Morgan fingerprint density at radius 3 is 2.38 bits per heavy atom. The third kappa shape index (κ3) is 4.53. The van der Waals surface area contributed by atoms with Gasteiger partial charge in [0.15, 0.2) is 0 Å². The van der Waals surface area contributed by atoms with Gasteiger partial charge in [-0.3, -0.25) is 20.3 Å². The molecular weight excluding hydrogens is 366 g/mol. The molecule has 0 aliphatic heterocycles. The van der Waals surface area contributed by atoms with Crippen LogP contribution < -0.4 is 16.2 Å². The number of hydrogen-bond donors (Lipinski definition) is 3. The Morgan fingerprint density at radius 2 is 1.76 bits per heavy atom. The van der Waals surface area contributed by atoms with E-state index in [-0.39, 0.29) is 11.3 Å². The van der Waals surface area contributed by atoms with E-state index >= 15 is 0 Å². The maximum Gasteiger partial charge on any atom is 0.238 e. The Bertz CT molecular complexity index is 1010. The van der Waals surface area contributed by atoms with Crippen LogP contribution in [0.3, 0.4) is 0 Å². The maximum absolute atomic E-state index is 12.2. The number of aryl methyl sites for hydroxylation is 1. The molecule has 0 radical (unpaired) electrons. The van der Waals surface area contributed by atoms with Gasteiger partial charge in [0.25, 0.3) is 0 Å². The molecule has 3 aromatic heterocycles. The van der Waals surface area contributed by atoms with Crippen LogP contribution in [0.1, 0.15) is 32.6 Å². The number of pyridine rings is 2. The lowest BCUT2D eigenvalue weighted by Gasteiger charge is -2.13. The van der Waals surface area contributed by atoms with Crippen LogP contribution in [0.25, 0.3) is 11.1 Å². The molecule has 1 aliphatic carbocycles. The van der Waals surface area contributed by atoms with Gasteiger partial charge in [-0.05, 0) is 60.1 Å². The fraction of sp³-hybridized carbons (Fsp3) is 0.333. The molecule has 8 heteroatoms. The molecule has 3 N–H and O–H groups in total. The van der Waals surface area contributed by atoms with E-state index in [4.69, 9.17) is 0 Å². The standard InChI is InChI=1S/C21H25N7O/c1-3-21(7-8-21)14-20(29)27-26-18-13-16(5-10-23-18)15-4-9-22-17(12-15)25-19-6-11-24-28(19)2/h4-6,9-13H,3,7-8,14H2,1-2H3,(H,22,25)(H,23,26)(H,27,29). The second-order valence-corrected chi connectivity index (χ2v) is 7.53. The average molecular weight is 391 g/mol. The van der Waals surface area contributed by atoms with Crippen LogP contribution in [-0.2, 0) is 11.8 Å². The molecule has 0 aromatic carbocycles. The lowest BCUT2D eigenvalue weighted by atomic mass is 9.99. The van der Waals surface area contributed by atoms with Crippen molar-refractivity contribution >= 4 is 23.4 Å². The normalized spacial score (nSPS) is 14.3. The van der Waals surface area contributed by atoms with Gasteiger partial charge in [0.2, 0.25) is 5.91 Å². The molecule has 1 saturated carbocycles. The zero-order chi connectivity index (χ0) is 20.3. The summed E-state index contributed by atoms with van der Waals surface area (Å²) in [6.45, 7) is 2.14. The predicted molar refractivity (Wildman–Crippen MR) is 112 cm³/mol. The van der Waals surface area contributed by atoms with Crippen LogP contribution in [0.2, 0.25) is 0 Å². The first-order valence-electron chi connectivity index (χ1n) is 9.79. The number of amides is 1. The first-order valence-corrected chi connectivity index (χ1v) is 9.79. The Labute approximate surface area is 169 Å². The van der Waals surface area contributed by atoms with Crippen LogP contribution in [0, 0.1) is 5.41 Å². The summed E-state index contributed by atoms with van der Waals surface area (Å²) in [5.74, 6) is 2.17. The van der Waals surface area contributed by atoms with Crippen LogP contribution in [-0.4, -0.2) is 25.7 Å². The minimum atomic E-state index is 0.00290. The zero-order valence-corrected chi connectivity index (χ0v) is 16.6. The minimum absolute atomic E-state index is 0.00290. The Hall–Kier alpha value is -3.42. The summed E-state index contributed by atoms with van der Waals surface area (Å²) in [6, 6.07) is 9.60. The van der Waals surface area contributed by atoms with E-state index in [1.165, 1.54) is 0 Å². The van der Waals surface area contributed by atoms with Crippen molar-refractivity contribution < 1.29 is 4.79 Å². The first kappa shape index (κ1) is 18.9. The van der Waals surface area contributed by atoms with E-state index in [1.54, 1.807) is 23.3 Å². The molecule has 3 heterocycles. The van der Waals surface area contributed by atoms with E-state index in [9.17, 15) is 4.79 Å². The number of anilines is 3. The number of nitrogens with one attached hydrogen (secondary N) is 3. The summed E-state index contributed by atoms with van der Waals surface area (Å²) >= 11 is 0. The van der Waals surface area contributed by atoms with Crippen LogP contribution >= 0.6 is 0 Å². The minimum Gasteiger partial charge on any atom is -0.325 e. The summed E-state index contributed by atoms with van der Waals surface area (Å²) in [7, 11) is 1.87. The molecule has 0 bridgehead atoms. The van der Waals surface area contributed by atoms with Gasteiger partial charge < -0.3 is 5.32 Å². The van der Waals surface area contributed by atoms with Gasteiger partial charge in [0.05, 0.1) is 6.20 Å². The average Bonchev–Trinajstić information content (AvgIpc) is 3.40. The smallest absolute Gasteiger partial charge is 0.238 e. The molecule has 0 saturated heterocycles. The molecule has 0 atom stereocenters. The van der Waals surface area contributed by atoms with Gasteiger partial charge in [0.1, 0.15) is 17.5 Å². The summed E-state index contributed by atoms with van der Waals surface area (Å²) < 4.78 is 1.75. The predicted octanol–water partition coefficient (Wildman–Crippen LogP) is 3.64. The van der Waals surface area contributed by atoms with Crippen LogP contribution in [0.15, 0.2) is 48.9 Å². The largest absolute Gasteiger partial charge is 0.325 e. The molecule has 1 aliphatic rings. The number of rotatable bonds is 8. The molecule has 3 aromatic rings. The number of carbonyl (C=O) groups excluding carboxylic acids is 1. The molecule has 4 rings (SSSR count). The second-order valence-electron chi connectivity index (χ2n) is 7.53. The first-order chi connectivity index (χ1) is 14.1. The van der Waals surface area contributed by atoms with E-state index < -0.39 is 0 Å². The molecule has 29 heavy (non-hydrogen) atoms. The van der Waals surface area contributed by atoms with Gasteiger partial charge in [-0.2, -0.15) is 5.10 Å². The van der Waals surface area contributed by atoms with E-state index in [1.807, 2.05) is 37.4 Å². The summed E-state index contributed by atoms with van der Waals surface area (Å²) in [6.07, 6.45) is 9.08. The molecule has 0 spiro atoms. The molecular formula is C21H25N7O. The highest BCUT2D eigenvalue weighted by molar-refractivity contribution is 5.78. The van der Waals surface area contributed by atoms with E-state index in [2.05, 4.69) is 38.2 Å². The van der Waals surface area contributed by atoms with Crippen molar-refractivity contribution in [3.05, 3.63) is 48.9 Å². The third-order valence-corrected chi connectivity index (χ3v) is 5.50. The number of hydrazine groups is 1. The Balaban J connectivity index is 1.42. The number of nitrogens with zero attached hydrogens (tertiary/aromatic N) is 4. The maximum atomic E-state index is 12.2. The molecule has 8 nitrogen and oxygen atoms in total.